The molecule has 30 heavy (non-hydrogen) atoms. The third kappa shape index (κ3) is 2.43. The van der Waals surface area contributed by atoms with Crippen molar-refractivity contribution in [3.8, 4) is 23.0 Å². The number of benzene rings is 3. The maximum atomic E-state index is 13.1. The molecule has 8 nitrogen and oxygen atoms in total. The van der Waals surface area contributed by atoms with E-state index in [4.69, 9.17) is 4.74 Å². The predicted octanol–water partition coefficient (Wildman–Crippen LogP) is 2.84. The average Bonchev–Trinajstić information content (AvgIpc) is 2.70. The van der Waals surface area contributed by atoms with Crippen molar-refractivity contribution in [3.05, 3.63) is 57.6 Å². The largest absolute Gasteiger partial charge is 0.507 e. The minimum absolute atomic E-state index is 0.0600. The van der Waals surface area contributed by atoms with E-state index in [2.05, 4.69) is 4.74 Å². The second kappa shape index (κ2) is 6.48. The number of phenols is 3. The summed E-state index contributed by atoms with van der Waals surface area (Å²) >= 11 is 0. The maximum Gasteiger partial charge on any atom is 0.341 e. The van der Waals surface area contributed by atoms with Gasteiger partial charge in [0.2, 0.25) is 5.78 Å². The molecule has 152 valence electrons. The quantitative estimate of drug-likeness (QED) is 0.432. The number of aromatic hydroxyl groups is 3. The summed E-state index contributed by atoms with van der Waals surface area (Å²) in [5, 5.41) is 31.9. The fraction of sp³-hybridized carbons (Fsp3) is 0.136. The van der Waals surface area contributed by atoms with E-state index in [9.17, 15) is 29.7 Å². The number of hydrogen-bond donors (Lipinski definition) is 3. The van der Waals surface area contributed by atoms with Crippen molar-refractivity contribution in [1.82, 2.24) is 0 Å². The van der Waals surface area contributed by atoms with Gasteiger partial charge < -0.3 is 24.8 Å². The van der Waals surface area contributed by atoms with Gasteiger partial charge in [0.1, 0.15) is 28.6 Å². The highest BCUT2D eigenvalue weighted by Gasteiger charge is 2.36. The lowest BCUT2D eigenvalue weighted by atomic mass is 9.80. The predicted molar refractivity (Wildman–Crippen MR) is 105 cm³/mol. The molecule has 0 saturated heterocycles. The third-order valence-corrected chi connectivity index (χ3v) is 5.29. The van der Waals surface area contributed by atoms with Crippen molar-refractivity contribution in [1.29, 1.82) is 0 Å². The minimum Gasteiger partial charge on any atom is -0.507 e. The van der Waals surface area contributed by atoms with Crippen LogP contribution in [0.1, 0.15) is 47.8 Å². The first-order valence-electron chi connectivity index (χ1n) is 8.82. The third-order valence-electron chi connectivity index (χ3n) is 5.29. The number of ether oxygens (including phenoxy) is 2. The zero-order valence-corrected chi connectivity index (χ0v) is 16.2. The summed E-state index contributed by atoms with van der Waals surface area (Å²) in [5.41, 5.74) is -0.660. The Morgan fingerprint density at radius 1 is 0.867 bits per heavy atom. The zero-order chi connectivity index (χ0) is 21.9. The molecule has 0 radical (unpaired) electrons. The number of methoxy groups -OCH3 is 2. The number of aryl methyl sites for hydroxylation is 1. The lowest BCUT2D eigenvalue weighted by Crippen LogP contribution is -2.21. The minimum atomic E-state index is -0.818. The maximum absolute atomic E-state index is 13.1. The van der Waals surface area contributed by atoms with E-state index in [0.717, 1.165) is 7.11 Å². The lowest BCUT2D eigenvalue weighted by molar-refractivity contribution is 0.0596. The van der Waals surface area contributed by atoms with E-state index in [1.165, 1.54) is 38.3 Å². The smallest absolute Gasteiger partial charge is 0.341 e. The number of carbonyl (C=O) groups excluding carboxylic acids is 3. The normalized spacial score (nSPS) is 12.5. The van der Waals surface area contributed by atoms with Crippen molar-refractivity contribution in [2.45, 2.75) is 6.92 Å². The van der Waals surface area contributed by atoms with E-state index in [1.807, 2.05) is 0 Å². The Hall–Kier alpha value is -4.07. The van der Waals surface area contributed by atoms with Crippen molar-refractivity contribution < 1.29 is 39.2 Å². The van der Waals surface area contributed by atoms with Gasteiger partial charge in [-0.3, -0.25) is 9.59 Å². The van der Waals surface area contributed by atoms with E-state index in [0.29, 0.717) is 0 Å². The van der Waals surface area contributed by atoms with Gasteiger partial charge in [-0.05, 0) is 36.1 Å². The van der Waals surface area contributed by atoms with Gasteiger partial charge in [-0.25, -0.2) is 4.79 Å². The van der Waals surface area contributed by atoms with Crippen molar-refractivity contribution in [2.24, 2.45) is 0 Å². The van der Waals surface area contributed by atoms with E-state index in [1.54, 1.807) is 0 Å². The highest BCUT2D eigenvalue weighted by atomic mass is 16.5. The topological polar surface area (TPSA) is 130 Å². The Bertz CT molecular complexity index is 1300. The summed E-state index contributed by atoms with van der Waals surface area (Å²) in [6.45, 7) is 1.48. The summed E-state index contributed by atoms with van der Waals surface area (Å²) in [6, 6.07) is 5.11. The molecule has 3 aromatic rings. The fourth-order valence-electron chi connectivity index (χ4n) is 3.91. The first-order valence-corrected chi connectivity index (χ1v) is 8.82. The fourth-order valence-corrected chi connectivity index (χ4v) is 3.91. The van der Waals surface area contributed by atoms with Crippen LogP contribution in [0.5, 0.6) is 23.0 Å². The van der Waals surface area contributed by atoms with Gasteiger partial charge in [-0.15, -0.1) is 0 Å². The highest BCUT2D eigenvalue weighted by Crippen LogP contribution is 2.44. The first-order chi connectivity index (χ1) is 14.2. The van der Waals surface area contributed by atoms with Crippen LogP contribution in [0.4, 0.5) is 0 Å². The van der Waals surface area contributed by atoms with Crippen LogP contribution >= 0.6 is 0 Å². The molecule has 0 atom stereocenters. The van der Waals surface area contributed by atoms with Crippen molar-refractivity contribution >= 4 is 28.3 Å². The van der Waals surface area contributed by atoms with Crippen molar-refractivity contribution in [2.75, 3.05) is 14.2 Å². The van der Waals surface area contributed by atoms with Crippen LogP contribution in [0.2, 0.25) is 0 Å². The number of hydrogen-bond acceptors (Lipinski definition) is 8. The Kier molecular flexibility index (Phi) is 4.16. The molecule has 0 aromatic heterocycles. The molecule has 3 aromatic carbocycles. The van der Waals surface area contributed by atoms with Crippen LogP contribution in [-0.4, -0.2) is 47.1 Å². The lowest BCUT2D eigenvalue weighted by Gasteiger charge is -2.22. The number of ketones is 2. The van der Waals surface area contributed by atoms with Gasteiger partial charge >= 0.3 is 5.97 Å². The Morgan fingerprint density at radius 3 is 2.17 bits per heavy atom. The second-order valence-corrected chi connectivity index (χ2v) is 6.86. The molecule has 0 bridgehead atoms. The molecule has 0 spiro atoms. The molecule has 0 unspecified atom stereocenters. The van der Waals surface area contributed by atoms with Gasteiger partial charge in [0, 0.05) is 22.6 Å². The van der Waals surface area contributed by atoms with E-state index < -0.39 is 29.0 Å². The number of esters is 1. The number of fused-ring (bicyclic) bond motifs is 3. The standard InChI is InChI=1S/C22H16O8/c1-8-15-9(5-13(23)16(8)22(28)30-3)4-11-18(20(15)26)21(27)17-12(19(11)25)6-10(29-2)7-14(17)24/h4-7,23-24,26H,1-3H3. The van der Waals surface area contributed by atoms with Gasteiger partial charge in [-0.2, -0.15) is 0 Å². The van der Waals surface area contributed by atoms with Gasteiger partial charge in [0.05, 0.1) is 25.3 Å². The Morgan fingerprint density at radius 2 is 1.53 bits per heavy atom. The van der Waals surface area contributed by atoms with Gasteiger partial charge in [0.25, 0.3) is 0 Å². The van der Waals surface area contributed by atoms with Gasteiger partial charge in [-0.1, -0.05) is 0 Å². The molecule has 0 heterocycles. The molecule has 1 aliphatic rings. The summed E-state index contributed by atoms with van der Waals surface area (Å²) in [6.07, 6.45) is 0. The summed E-state index contributed by atoms with van der Waals surface area (Å²) in [7, 11) is 2.50. The Balaban J connectivity index is 2.09. The van der Waals surface area contributed by atoms with Crippen molar-refractivity contribution in [3.63, 3.8) is 0 Å². The van der Waals surface area contributed by atoms with Crippen LogP contribution < -0.4 is 4.74 Å². The number of rotatable bonds is 2. The van der Waals surface area contributed by atoms with E-state index in [-0.39, 0.29) is 55.7 Å². The monoisotopic (exact) mass is 408 g/mol. The summed E-state index contributed by atoms with van der Waals surface area (Å²) in [4.78, 5) is 38.3. The summed E-state index contributed by atoms with van der Waals surface area (Å²) < 4.78 is 9.73. The molecule has 3 N–H and O–H groups in total. The van der Waals surface area contributed by atoms with Gasteiger partial charge in [0.15, 0.2) is 5.78 Å². The van der Waals surface area contributed by atoms with Crippen LogP contribution in [0.25, 0.3) is 10.8 Å². The molecule has 0 saturated carbocycles. The first kappa shape index (κ1) is 19.3. The highest BCUT2D eigenvalue weighted by molar-refractivity contribution is 6.32. The van der Waals surface area contributed by atoms with Crippen LogP contribution in [0.3, 0.4) is 0 Å². The van der Waals surface area contributed by atoms with Crippen LogP contribution in [0, 0.1) is 6.92 Å². The molecule has 1 aliphatic carbocycles. The molecule has 0 fully saturated rings. The average molecular weight is 408 g/mol. The van der Waals surface area contributed by atoms with Crippen LogP contribution in [-0.2, 0) is 4.74 Å². The molecule has 8 heteroatoms. The molecule has 0 aliphatic heterocycles. The SMILES string of the molecule is COC(=O)c1c(O)cc2cc3c(c(O)c2c1C)C(=O)c1c(O)cc(OC)cc1C3=O. The van der Waals surface area contributed by atoms with Crippen LogP contribution in [0.15, 0.2) is 24.3 Å². The molecular formula is C22H16O8. The van der Waals surface area contributed by atoms with E-state index >= 15 is 0 Å². The number of phenolic OH excluding ortho intramolecular Hbond substituents is 3. The zero-order valence-electron chi connectivity index (χ0n) is 16.2. The molecule has 0 amide bonds. The Labute approximate surface area is 169 Å². The summed E-state index contributed by atoms with van der Waals surface area (Å²) in [5.74, 6) is -3.33. The molecular weight excluding hydrogens is 392 g/mol. The number of carbonyl (C=O) groups is 3. The molecule has 4 rings (SSSR count). The second-order valence-electron chi connectivity index (χ2n) is 6.86.